The highest BCUT2D eigenvalue weighted by Crippen LogP contribution is 2.23. The van der Waals surface area contributed by atoms with E-state index in [2.05, 4.69) is 15.3 Å². The molecule has 4 rings (SSSR count). The Bertz CT molecular complexity index is 1630. The average Bonchev–Trinajstić information content (AvgIpc) is 3.24. The van der Waals surface area contributed by atoms with Gasteiger partial charge >= 0.3 is 0 Å². The predicted octanol–water partition coefficient (Wildman–Crippen LogP) is 4.05. The number of nitro groups is 1. The maximum absolute atomic E-state index is 13.6. The van der Waals surface area contributed by atoms with Crippen LogP contribution in [0, 0.1) is 23.0 Å². The predicted molar refractivity (Wildman–Crippen MR) is 151 cm³/mol. The molecule has 0 saturated carbocycles. The number of carbonyl (C=O) groups is 1. The minimum Gasteiger partial charge on any atom is -0.351 e. The number of hydrogen-bond acceptors (Lipinski definition) is 7. The molecule has 1 atom stereocenters. The van der Waals surface area contributed by atoms with E-state index >= 15 is 0 Å². The van der Waals surface area contributed by atoms with Crippen LogP contribution in [0.15, 0.2) is 71.9 Å². The summed E-state index contributed by atoms with van der Waals surface area (Å²) < 4.78 is 30.3. The van der Waals surface area contributed by atoms with E-state index in [-0.39, 0.29) is 23.0 Å². The first kappa shape index (κ1) is 28.8. The van der Waals surface area contributed by atoms with Crippen molar-refractivity contribution in [2.75, 3.05) is 7.05 Å². The number of nitrogens with zero attached hydrogens (tertiary/aromatic N) is 5. The smallest absolute Gasteiger partial charge is 0.269 e. The fraction of sp³-hybridized carbons (Fsp3) is 0.321. The molecule has 0 unspecified atom stereocenters. The van der Waals surface area contributed by atoms with Crippen molar-refractivity contribution in [1.29, 1.82) is 0 Å². The van der Waals surface area contributed by atoms with Crippen molar-refractivity contribution in [2.45, 2.75) is 51.2 Å². The Labute approximate surface area is 233 Å². The molecule has 2 aromatic heterocycles. The van der Waals surface area contributed by atoms with Gasteiger partial charge in [-0.25, -0.2) is 13.4 Å². The third-order valence-electron chi connectivity index (χ3n) is 6.71. The molecule has 4 aromatic rings. The quantitative estimate of drug-likeness (QED) is 0.214. The molecular formula is C28H32N6O5S. The Morgan fingerprint density at radius 2 is 1.85 bits per heavy atom. The number of carbonyl (C=O) groups excluding carboxylic acids is 1. The van der Waals surface area contributed by atoms with E-state index in [0.29, 0.717) is 18.5 Å². The zero-order valence-electron chi connectivity index (χ0n) is 22.8. The van der Waals surface area contributed by atoms with E-state index in [1.807, 2.05) is 31.4 Å². The highest BCUT2D eigenvalue weighted by atomic mass is 32.2. The molecule has 40 heavy (non-hydrogen) atoms. The van der Waals surface area contributed by atoms with Crippen molar-refractivity contribution in [3.63, 3.8) is 0 Å². The van der Waals surface area contributed by atoms with Crippen LogP contribution < -0.4 is 5.32 Å². The van der Waals surface area contributed by atoms with Crippen molar-refractivity contribution >= 4 is 32.7 Å². The zero-order valence-corrected chi connectivity index (χ0v) is 23.6. The number of fused-ring (bicyclic) bond motifs is 1. The second-order valence-electron chi connectivity index (χ2n) is 10.1. The highest BCUT2D eigenvalue weighted by molar-refractivity contribution is 7.89. The van der Waals surface area contributed by atoms with E-state index in [4.69, 9.17) is 0 Å². The van der Waals surface area contributed by atoms with Crippen molar-refractivity contribution < 1.29 is 18.1 Å². The molecule has 210 valence electrons. The number of imidazole rings is 1. The van der Waals surface area contributed by atoms with Gasteiger partial charge in [-0.3, -0.25) is 19.9 Å². The molecule has 0 aliphatic heterocycles. The van der Waals surface area contributed by atoms with Gasteiger partial charge in [0.15, 0.2) is 0 Å². The summed E-state index contributed by atoms with van der Waals surface area (Å²) in [6, 6.07) is 13.5. The molecule has 0 spiro atoms. The maximum atomic E-state index is 13.6. The van der Waals surface area contributed by atoms with Gasteiger partial charge in [0.2, 0.25) is 15.9 Å². The second-order valence-corrected chi connectivity index (χ2v) is 12.1. The van der Waals surface area contributed by atoms with Gasteiger partial charge in [0.05, 0.1) is 21.5 Å². The van der Waals surface area contributed by atoms with E-state index in [1.54, 1.807) is 48.8 Å². The first-order valence-electron chi connectivity index (χ1n) is 12.8. The molecule has 0 bridgehead atoms. The number of non-ortho nitro benzene ring substituents is 1. The van der Waals surface area contributed by atoms with Gasteiger partial charge < -0.3 is 9.88 Å². The fourth-order valence-electron chi connectivity index (χ4n) is 4.54. The number of amides is 1. The minimum atomic E-state index is -4.00. The monoisotopic (exact) mass is 564 g/mol. The van der Waals surface area contributed by atoms with Crippen LogP contribution in [0.5, 0.6) is 0 Å². The summed E-state index contributed by atoms with van der Waals surface area (Å²) in [6.07, 6.45) is 3.72. The lowest BCUT2D eigenvalue weighted by molar-refractivity contribution is -0.384. The summed E-state index contributed by atoms with van der Waals surface area (Å²) in [5, 5.41) is 13.8. The summed E-state index contributed by atoms with van der Waals surface area (Å²) in [6.45, 7) is 6.28. The molecular weight excluding hydrogens is 532 g/mol. The molecule has 2 heterocycles. The van der Waals surface area contributed by atoms with Crippen LogP contribution in [-0.2, 0) is 27.9 Å². The molecule has 0 aliphatic carbocycles. The zero-order chi connectivity index (χ0) is 29.0. The number of aryl methyl sites for hydroxylation is 1. The van der Waals surface area contributed by atoms with Crippen LogP contribution in [-0.4, -0.2) is 51.2 Å². The number of nitrogens with one attached hydrogen (secondary N) is 1. The number of hydrogen-bond donors (Lipinski definition) is 1. The van der Waals surface area contributed by atoms with Crippen LogP contribution in [0.1, 0.15) is 37.2 Å². The van der Waals surface area contributed by atoms with Gasteiger partial charge in [-0.15, -0.1) is 0 Å². The summed E-state index contributed by atoms with van der Waals surface area (Å²) in [4.78, 5) is 32.5. The number of likely N-dealkylation sites (N-methyl/N-ethyl adjacent to an activating group) is 1. The van der Waals surface area contributed by atoms with Gasteiger partial charge in [-0.2, -0.15) is 4.31 Å². The topological polar surface area (TPSA) is 140 Å². The lowest BCUT2D eigenvalue weighted by atomic mass is 10.0. The van der Waals surface area contributed by atoms with Crippen LogP contribution in [0.3, 0.4) is 0 Å². The summed E-state index contributed by atoms with van der Waals surface area (Å²) in [7, 11) is -2.59. The third-order valence-corrected chi connectivity index (χ3v) is 8.59. The van der Waals surface area contributed by atoms with E-state index < -0.39 is 26.9 Å². The molecule has 0 aliphatic rings. The maximum Gasteiger partial charge on any atom is 0.269 e. The minimum absolute atomic E-state index is 0.0378. The lowest BCUT2D eigenvalue weighted by Gasteiger charge is -2.28. The number of benzene rings is 2. The van der Waals surface area contributed by atoms with E-state index in [9.17, 15) is 23.3 Å². The van der Waals surface area contributed by atoms with Gasteiger partial charge in [-0.1, -0.05) is 38.1 Å². The largest absolute Gasteiger partial charge is 0.351 e. The first-order valence-corrected chi connectivity index (χ1v) is 14.3. The Balaban J connectivity index is 1.50. The number of nitro benzene ring substituents is 1. The molecule has 0 saturated heterocycles. The molecule has 11 nitrogen and oxygen atoms in total. The number of aromatic nitrogens is 3. The number of rotatable bonds is 11. The Morgan fingerprint density at radius 3 is 2.52 bits per heavy atom. The van der Waals surface area contributed by atoms with Gasteiger partial charge in [0, 0.05) is 38.5 Å². The third kappa shape index (κ3) is 6.35. The van der Waals surface area contributed by atoms with E-state index in [0.717, 1.165) is 26.7 Å². The van der Waals surface area contributed by atoms with Crippen LogP contribution >= 0.6 is 0 Å². The van der Waals surface area contributed by atoms with E-state index in [1.165, 1.54) is 19.2 Å². The second kappa shape index (κ2) is 11.9. The molecule has 0 fully saturated rings. The first-order chi connectivity index (χ1) is 19.0. The Kier molecular flexibility index (Phi) is 8.60. The molecule has 0 radical (unpaired) electrons. The molecule has 1 N–H and O–H groups in total. The normalized spacial score (nSPS) is 12.7. The van der Waals surface area contributed by atoms with Crippen molar-refractivity contribution in [1.82, 2.24) is 24.2 Å². The SMILES string of the molecule is Cc1nc2cnccc2n1Cc1ccc(S(=O)(=O)N(C)[C@@H](CC(C)C)C(=O)NCc2cccc([N+](=O)[O-])c2)cc1. The number of pyridine rings is 1. The fourth-order valence-corrected chi connectivity index (χ4v) is 5.87. The van der Waals surface area contributed by atoms with Crippen LogP contribution in [0.2, 0.25) is 0 Å². The van der Waals surface area contributed by atoms with Gasteiger partial charge in [0.1, 0.15) is 17.4 Å². The van der Waals surface area contributed by atoms with Crippen molar-refractivity contribution in [3.05, 3.63) is 94.1 Å². The standard InChI is InChI=1S/C28H32N6O5S/c1-19(2)14-27(28(35)30-16-22-6-5-7-23(15-22)34(36)37)32(4)40(38,39)24-10-8-21(9-11-24)18-33-20(3)31-25-17-29-13-12-26(25)33/h5-13,15,17,19,27H,14,16,18H2,1-4H3,(H,30,35)/t27-/m0/s1. The van der Waals surface area contributed by atoms with Gasteiger partial charge in [0.25, 0.3) is 5.69 Å². The van der Waals surface area contributed by atoms with Crippen molar-refractivity contribution in [3.8, 4) is 0 Å². The number of sulfonamides is 1. The summed E-state index contributed by atoms with van der Waals surface area (Å²) in [5.41, 5.74) is 3.10. The van der Waals surface area contributed by atoms with Crippen molar-refractivity contribution in [2.24, 2.45) is 5.92 Å². The van der Waals surface area contributed by atoms with Crippen LogP contribution in [0.25, 0.3) is 11.0 Å². The molecule has 1 amide bonds. The Morgan fingerprint density at radius 1 is 1.12 bits per heavy atom. The Hall–Kier alpha value is -4.16. The molecule has 2 aromatic carbocycles. The molecule has 12 heteroatoms. The van der Waals surface area contributed by atoms with Gasteiger partial charge in [-0.05, 0) is 48.6 Å². The highest BCUT2D eigenvalue weighted by Gasteiger charge is 2.33. The summed E-state index contributed by atoms with van der Waals surface area (Å²) in [5.74, 6) is 0.393. The average molecular weight is 565 g/mol. The summed E-state index contributed by atoms with van der Waals surface area (Å²) >= 11 is 0. The van der Waals surface area contributed by atoms with Crippen LogP contribution in [0.4, 0.5) is 5.69 Å². The lowest BCUT2D eigenvalue weighted by Crippen LogP contribution is -2.48.